The van der Waals surface area contributed by atoms with Crippen LogP contribution in [0, 0.1) is 0 Å². The number of benzene rings is 1. The molecule has 0 fully saturated rings. The lowest BCUT2D eigenvalue weighted by atomic mass is 10.2. The lowest BCUT2D eigenvalue weighted by Gasteiger charge is -2.21. The Balaban J connectivity index is 1.80. The normalized spacial score (nSPS) is 12.6. The van der Waals surface area contributed by atoms with Gasteiger partial charge in [0.25, 0.3) is 5.91 Å². The molecule has 2 aromatic heterocycles. The van der Waals surface area contributed by atoms with Gasteiger partial charge in [0.2, 0.25) is 10.0 Å². The van der Waals surface area contributed by atoms with Crippen molar-refractivity contribution in [3.05, 3.63) is 78.1 Å². The van der Waals surface area contributed by atoms with Gasteiger partial charge in [-0.15, -0.1) is 0 Å². The largest absolute Gasteiger partial charge is 0.467 e. The van der Waals surface area contributed by atoms with Crippen molar-refractivity contribution >= 4 is 15.9 Å². The van der Waals surface area contributed by atoms with Gasteiger partial charge in [0.1, 0.15) is 11.5 Å². The Morgan fingerprint density at radius 3 is 2.00 bits per heavy atom. The van der Waals surface area contributed by atoms with Crippen molar-refractivity contribution in [3.63, 3.8) is 0 Å². The number of rotatable bonds is 9. The molecule has 0 bridgehead atoms. The molecule has 0 aliphatic heterocycles. The Labute approximate surface area is 170 Å². The van der Waals surface area contributed by atoms with Crippen LogP contribution in [-0.4, -0.2) is 25.3 Å². The SMILES string of the molecule is CCC(C)NS(=O)(=O)c1ccc(C(=O)N(Cc2ccco2)Cc2ccco2)cc1. The first-order valence-corrected chi connectivity index (χ1v) is 10.8. The monoisotopic (exact) mass is 416 g/mol. The molecule has 0 saturated heterocycles. The van der Waals surface area contributed by atoms with E-state index in [1.807, 2.05) is 6.92 Å². The highest BCUT2D eigenvalue weighted by Gasteiger charge is 2.21. The number of nitrogens with zero attached hydrogens (tertiary/aromatic N) is 1. The molecule has 7 nitrogen and oxygen atoms in total. The molecule has 0 aliphatic rings. The molecular formula is C21H24N2O5S. The van der Waals surface area contributed by atoms with E-state index in [1.54, 1.807) is 48.6 Å². The molecule has 1 N–H and O–H groups in total. The zero-order chi connectivity index (χ0) is 20.9. The molecule has 0 aliphatic carbocycles. The second kappa shape index (κ2) is 9.11. The van der Waals surface area contributed by atoms with Crippen LogP contribution in [0.4, 0.5) is 0 Å². The van der Waals surface area contributed by atoms with Crippen LogP contribution in [0.25, 0.3) is 0 Å². The predicted molar refractivity (Wildman–Crippen MR) is 108 cm³/mol. The van der Waals surface area contributed by atoms with E-state index in [0.717, 1.165) is 0 Å². The van der Waals surface area contributed by atoms with Gasteiger partial charge in [-0.05, 0) is 61.9 Å². The quantitative estimate of drug-likeness (QED) is 0.573. The molecular weight excluding hydrogens is 392 g/mol. The summed E-state index contributed by atoms with van der Waals surface area (Å²) >= 11 is 0. The summed E-state index contributed by atoms with van der Waals surface area (Å²) in [5.74, 6) is 1.03. The molecule has 0 spiro atoms. The standard InChI is InChI=1S/C21H24N2O5S/c1-3-16(2)22-29(25,26)20-10-8-17(9-11-20)21(24)23(14-18-6-4-12-27-18)15-19-7-5-13-28-19/h4-13,16,22H,3,14-15H2,1-2H3. The van der Waals surface area contributed by atoms with Gasteiger partial charge in [-0.2, -0.15) is 0 Å². The van der Waals surface area contributed by atoms with Crippen molar-refractivity contribution < 1.29 is 22.0 Å². The molecule has 0 saturated carbocycles. The highest BCUT2D eigenvalue weighted by molar-refractivity contribution is 7.89. The zero-order valence-electron chi connectivity index (χ0n) is 16.4. The van der Waals surface area contributed by atoms with E-state index < -0.39 is 10.0 Å². The van der Waals surface area contributed by atoms with Gasteiger partial charge in [0.15, 0.2) is 0 Å². The summed E-state index contributed by atoms with van der Waals surface area (Å²) < 4.78 is 38.2. The summed E-state index contributed by atoms with van der Waals surface area (Å²) in [6.07, 6.45) is 3.79. The van der Waals surface area contributed by atoms with Crippen LogP contribution in [-0.2, 0) is 23.1 Å². The summed E-state index contributed by atoms with van der Waals surface area (Å²) in [5, 5.41) is 0. The lowest BCUT2D eigenvalue weighted by Crippen LogP contribution is -2.32. The van der Waals surface area contributed by atoms with Crippen LogP contribution >= 0.6 is 0 Å². The van der Waals surface area contributed by atoms with Crippen molar-refractivity contribution in [1.29, 1.82) is 0 Å². The molecule has 154 valence electrons. The van der Waals surface area contributed by atoms with Gasteiger partial charge in [0, 0.05) is 11.6 Å². The number of sulfonamides is 1. The predicted octanol–water partition coefficient (Wildman–Crippen LogP) is 3.79. The second-order valence-electron chi connectivity index (χ2n) is 6.77. The van der Waals surface area contributed by atoms with Crippen LogP contribution in [0.3, 0.4) is 0 Å². The summed E-state index contributed by atoms with van der Waals surface area (Å²) in [6.45, 7) is 4.24. The molecule has 3 rings (SSSR count). The second-order valence-corrected chi connectivity index (χ2v) is 8.49. The third kappa shape index (κ3) is 5.36. The maximum absolute atomic E-state index is 13.1. The van der Waals surface area contributed by atoms with E-state index in [1.165, 1.54) is 24.3 Å². The molecule has 1 amide bonds. The zero-order valence-corrected chi connectivity index (χ0v) is 17.2. The number of carbonyl (C=O) groups is 1. The topological polar surface area (TPSA) is 92.8 Å². The van der Waals surface area contributed by atoms with Crippen molar-refractivity contribution in [1.82, 2.24) is 9.62 Å². The number of furan rings is 2. The Bertz CT molecular complexity index is 973. The molecule has 1 atom stereocenters. The van der Waals surface area contributed by atoms with Crippen LogP contribution in [0.2, 0.25) is 0 Å². The molecule has 1 aromatic carbocycles. The van der Waals surface area contributed by atoms with E-state index in [0.29, 0.717) is 23.5 Å². The third-order valence-electron chi connectivity index (χ3n) is 4.52. The van der Waals surface area contributed by atoms with Crippen molar-refractivity contribution in [2.24, 2.45) is 0 Å². The number of carbonyl (C=O) groups excluding carboxylic acids is 1. The fourth-order valence-electron chi connectivity index (χ4n) is 2.76. The average Bonchev–Trinajstić information content (AvgIpc) is 3.41. The molecule has 29 heavy (non-hydrogen) atoms. The maximum Gasteiger partial charge on any atom is 0.254 e. The summed E-state index contributed by atoms with van der Waals surface area (Å²) in [6, 6.07) is 12.8. The van der Waals surface area contributed by atoms with E-state index in [4.69, 9.17) is 8.83 Å². The highest BCUT2D eigenvalue weighted by atomic mass is 32.2. The first-order chi connectivity index (χ1) is 13.9. The van der Waals surface area contributed by atoms with Crippen LogP contribution in [0.5, 0.6) is 0 Å². The van der Waals surface area contributed by atoms with Crippen LogP contribution in [0.1, 0.15) is 42.1 Å². The molecule has 2 heterocycles. The van der Waals surface area contributed by atoms with Gasteiger partial charge in [-0.25, -0.2) is 13.1 Å². The first-order valence-electron chi connectivity index (χ1n) is 9.35. The third-order valence-corrected chi connectivity index (χ3v) is 6.13. The summed E-state index contributed by atoms with van der Waals surface area (Å²) in [4.78, 5) is 14.8. The summed E-state index contributed by atoms with van der Waals surface area (Å²) in [7, 11) is -3.62. The van der Waals surface area contributed by atoms with Crippen LogP contribution < -0.4 is 4.72 Å². The smallest absolute Gasteiger partial charge is 0.254 e. The van der Waals surface area contributed by atoms with E-state index in [9.17, 15) is 13.2 Å². The lowest BCUT2D eigenvalue weighted by molar-refractivity contribution is 0.0704. The van der Waals surface area contributed by atoms with Gasteiger partial charge in [0.05, 0.1) is 30.5 Å². The van der Waals surface area contributed by atoms with E-state index in [-0.39, 0.29) is 29.9 Å². The minimum Gasteiger partial charge on any atom is -0.467 e. The van der Waals surface area contributed by atoms with E-state index in [2.05, 4.69) is 4.72 Å². The number of hydrogen-bond acceptors (Lipinski definition) is 5. The van der Waals surface area contributed by atoms with Gasteiger partial charge in [-0.3, -0.25) is 4.79 Å². The summed E-state index contributed by atoms with van der Waals surface area (Å²) in [5.41, 5.74) is 0.380. The maximum atomic E-state index is 13.1. The fraction of sp³-hybridized carbons (Fsp3) is 0.286. The fourth-order valence-corrected chi connectivity index (χ4v) is 4.08. The number of nitrogens with one attached hydrogen (secondary N) is 1. The van der Waals surface area contributed by atoms with Crippen molar-refractivity contribution in [3.8, 4) is 0 Å². The highest BCUT2D eigenvalue weighted by Crippen LogP contribution is 2.17. The van der Waals surface area contributed by atoms with Crippen LogP contribution in [0.15, 0.2) is 74.8 Å². The number of hydrogen-bond donors (Lipinski definition) is 1. The Hall–Kier alpha value is -2.84. The molecule has 0 radical (unpaired) electrons. The number of amides is 1. The molecule has 8 heteroatoms. The molecule has 1 unspecified atom stereocenters. The average molecular weight is 416 g/mol. The minimum absolute atomic E-state index is 0.123. The Kier molecular flexibility index (Phi) is 6.56. The Morgan fingerprint density at radius 1 is 1.00 bits per heavy atom. The van der Waals surface area contributed by atoms with Gasteiger partial charge in [-0.1, -0.05) is 6.92 Å². The van der Waals surface area contributed by atoms with Gasteiger partial charge >= 0.3 is 0 Å². The van der Waals surface area contributed by atoms with Crippen molar-refractivity contribution in [2.75, 3.05) is 0 Å². The Morgan fingerprint density at radius 2 is 1.55 bits per heavy atom. The first kappa shape index (κ1) is 20.9. The minimum atomic E-state index is -3.62. The van der Waals surface area contributed by atoms with Crippen molar-refractivity contribution in [2.45, 2.75) is 44.3 Å². The van der Waals surface area contributed by atoms with Gasteiger partial charge < -0.3 is 13.7 Å². The van der Waals surface area contributed by atoms with E-state index >= 15 is 0 Å². The molecule has 3 aromatic rings.